The van der Waals surface area contributed by atoms with Gasteiger partial charge in [-0.05, 0) is 37.0 Å². The van der Waals surface area contributed by atoms with Crippen LogP contribution >= 0.6 is 0 Å². The van der Waals surface area contributed by atoms with Crippen LogP contribution in [0.4, 0.5) is 0 Å². The molecule has 0 aromatic rings. The number of esters is 3. The number of carbonyl (C=O) groups is 3. The second kappa shape index (κ2) is 51.3. The first-order valence-corrected chi connectivity index (χ1v) is 29.6. The van der Waals surface area contributed by atoms with Crippen LogP contribution in [0.3, 0.4) is 0 Å². The van der Waals surface area contributed by atoms with Crippen molar-refractivity contribution >= 4 is 17.9 Å². The van der Waals surface area contributed by atoms with Gasteiger partial charge in [0.25, 0.3) is 0 Å². The maximum Gasteiger partial charge on any atom is 0.306 e. The van der Waals surface area contributed by atoms with E-state index in [0.717, 1.165) is 75.5 Å². The molecule has 1 atom stereocenters. The van der Waals surface area contributed by atoms with Gasteiger partial charge in [-0.15, -0.1) is 0 Å². The monoisotopic (exact) mass is 933 g/mol. The average molecular weight is 934 g/mol. The number of unbranched alkanes of at least 4 members (excludes halogenated alkanes) is 36. The van der Waals surface area contributed by atoms with Crippen LogP contribution in [0.15, 0.2) is 0 Å². The molecule has 0 aromatic carbocycles. The first-order chi connectivity index (χ1) is 32.1. The van der Waals surface area contributed by atoms with Crippen LogP contribution in [-0.4, -0.2) is 37.2 Å². The van der Waals surface area contributed by atoms with Gasteiger partial charge in [-0.25, -0.2) is 0 Å². The normalized spacial score (nSPS) is 12.1. The molecule has 6 heteroatoms. The maximum absolute atomic E-state index is 12.9. The zero-order chi connectivity index (χ0) is 48.4. The van der Waals surface area contributed by atoms with Crippen molar-refractivity contribution in [3.8, 4) is 0 Å². The van der Waals surface area contributed by atoms with Crippen molar-refractivity contribution in [2.75, 3.05) is 13.2 Å². The Labute approximate surface area is 412 Å². The molecule has 0 aliphatic carbocycles. The average Bonchev–Trinajstić information content (AvgIpc) is 3.28. The van der Waals surface area contributed by atoms with E-state index in [1.54, 1.807) is 0 Å². The number of hydrogen-bond donors (Lipinski definition) is 0. The fourth-order valence-corrected chi connectivity index (χ4v) is 9.18. The molecule has 392 valence electrons. The van der Waals surface area contributed by atoms with E-state index < -0.39 is 6.10 Å². The summed E-state index contributed by atoms with van der Waals surface area (Å²) in [5.41, 5.74) is 0. The van der Waals surface area contributed by atoms with Gasteiger partial charge in [0, 0.05) is 19.3 Å². The summed E-state index contributed by atoms with van der Waals surface area (Å²) in [6.45, 7) is 13.8. The molecular formula is C60H116O6. The summed E-state index contributed by atoms with van der Waals surface area (Å²) in [7, 11) is 0. The highest BCUT2D eigenvalue weighted by Crippen LogP contribution is 2.19. The molecule has 0 N–H and O–H groups in total. The summed E-state index contributed by atoms with van der Waals surface area (Å²) in [6.07, 6.45) is 53.8. The lowest BCUT2D eigenvalue weighted by molar-refractivity contribution is -0.167. The van der Waals surface area contributed by atoms with Gasteiger partial charge in [0.1, 0.15) is 13.2 Å². The predicted octanol–water partition coefficient (Wildman–Crippen LogP) is 19.5. The minimum Gasteiger partial charge on any atom is -0.462 e. The van der Waals surface area contributed by atoms with Crippen LogP contribution in [0.25, 0.3) is 0 Å². The van der Waals surface area contributed by atoms with E-state index in [4.69, 9.17) is 14.2 Å². The second-order valence-corrected chi connectivity index (χ2v) is 22.1. The van der Waals surface area contributed by atoms with Crippen molar-refractivity contribution in [1.82, 2.24) is 0 Å². The molecule has 0 aliphatic rings. The van der Waals surface area contributed by atoms with Gasteiger partial charge in [-0.2, -0.15) is 0 Å². The third kappa shape index (κ3) is 53.4. The largest absolute Gasteiger partial charge is 0.462 e. The van der Waals surface area contributed by atoms with Crippen LogP contribution in [0.2, 0.25) is 0 Å². The first-order valence-electron chi connectivity index (χ1n) is 29.6. The van der Waals surface area contributed by atoms with Gasteiger partial charge in [-0.3, -0.25) is 14.4 Å². The summed E-state index contributed by atoms with van der Waals surface area (Å²) < 4.78 is 16.9. The van der Waals surface area contributed by atoms with E-state index in [1.165, 1.54) is 212 Å². The number of hydrogen-bond acceptors (Lipinski definition) is 6. The quantitative estimate of drug-likeness (QED) is 0.0343. The summed E-state index contributed by atoms with van der Waals surface area (Å²) in [5, 5.41) is 0. The molecule has 0 unspecified atom stereocenters. The van der Waals surface area contributed by atoms with Crippen LogP contribution in [0.5, 0.6) is 0 Å². The number of rotatable bonds is 53. The highest BCUT2D eigenvalue weighted by Gasteiger charge is 2.19. The Morgan fingerprint density at radius 3 is 0.652 bits per heavy atom. The van der Waals surface area contributed by atoms with Gasteiger partial charge in [0.2, 0.25) is 0 Å². The fourth-order valence-electron chi connectivity index (χ4n) is 9.18. The zero-order valence-corrected chi connectivity index (χ0v) is 45.5. The van der Waals surface area contributed by atoms with Crippen molar-refractivity contribution < 1.29 is 28.6 Å². The van der Waals surface area contributed by atoms with Gasteiger partial charge < -0.3 is 14.2 Å². The molecule has 0 saturated carbocycles. The van der Waals surface area contributed by atoms with Crippen LogP contribution in [0.1, 0.15) is 330 Å². The standard InChI is InChI=1S/C60H116O6/c1-54(2)46-40-34-28-22-16-10-7-8-12-19-25-31-37-43-49-58(61)64-52-57(66-60(63)51-45-39-33-27-21-15-14-18-24-30-36-42-48-56(5)6)53-65-59(62)50-44-38-32-26-20-13-9-11-17-23-29-35-41-47-55(3)4/h54-57H,7-53H2,1-6H3/t57-/m1/s1. The van der Waals surface area contributed by atoms with E-state index >= 15 is 0 Å². The molecule has 6 nitrogen and oxygen atoms in total. The van der Waals surface area contributed by atoms with Gasteiger partial charge in [-0.1, -0.05) is 292 Å². The molecular weight excluding hydrogens is 817 g/mol. The molecule has 0 radical (unpaired) electrons. The molecule has 0 bridgehead atoms. The second-order valence-electron chi connectivity index (χ2n) is 22.1. The maximum atomic E-state index is 12.9. The molecule has 0 spiro atoms. The zero-order valence-electron chi connectivity index (χ0n) is 45.5. The van der Waals surface area contributed by atoms with Crippen molar-refractivity contribution in [2.24, 2.45) is 17.8 Å². The minimum atomic E-state index is -0.764. The van der Waals surface area contributed by atoms with Crippen molar-refractivity contribution in [1.29, 1.82) is 0 Å². The Morgan fingerprint density at radius 2 is 0.439 bits per heavy atom. The molecule has 0 amide bonds. The van der Waals surface area contributed by atoms with Crippen LogP contribution in [-0.2, 0) is 28.6 Å². The lowest BCUT2D eigenvalue weighted by atomic mass is 10.0. The highest BCUT2D eigenvalue weighted by atomic mass is 16.6. The Hall–Kier alpha value is -1.59. The SMILES string of the molecule is CC(C)CCCCCCCCCCCCCCCCC(=O)OC[C@H](COC(=O)CCCCCCCCCCCCCCCC(C)C)OC(=O)CCCCCCCCCCCCCCC(C)C. The third-order valence-electron chi connectivity index (χ3n) is 13.6. The molecule has 0 saturated heterocycles. The number of carbonyl (C=O) groups excluding carboxylic acids is 3. The van der Waals surface area contributed by atoms with Gasteiger partial charge in [0.15, 0.2) is 6.10 Å². The van der Waals surface area contributed by atoms with Crippen LogP contribution in [0, 0.1) is 17.8 Å². The van der Waals surface area contributed by atoms with Crippen LogP contribution < -0.4 is 0 Å². The fraction of sp³-hybridized carbons (Fsp3) is 0.950. The summed E-state index contributed by atoms with van der Waals surface area (Å²) >= 11 is 0. The van der Waals surface area contributed by atoms with E-state index in [2.05, 4.69) is 41.5 Å². The molecule has 0 rings (SSSR count). The van der Waals surface area contributed by atoms with E-state index in [1.807, 2.05) is 0 Å². The smallest absolute Gasteiger partial charge is 0.306 e. The Balaban J connectivity index is 4.30. The lowest BCUT2D eigenvalue weighted by Crippen LogP contribution is -2.30. The summed E-state index contributed by atoms with van der Waals surface area (Å²) in [6, 6.07) is 0. The Kier molecular flexibility index (Phi) is 50.0. The van der Waals surface area contributed by atoms with Crippen molar-refractivity contribution in [2.45, 2.75) is 337 Å². The Bertz CT molecular complexity index is 1020. The topological polar surface area (TPSA) is 78.9 Å². The summed E-state index contributed by atoms with van der Waals surface area (Å²) in [4.78, 5) is 38.2. The van der Waals surface area contributed by atoms with E-state index in [-0.39, 0.29) is 31.1 Å². The molecule has 0 aromatic heterocycles. The third-order valence-corrected chi connectivity index (χ3v) is 13.6. The van der Waals surface area contributed by atoms with E-state index in [0.29, 0.717) is 19.3 Å². The molecule has 0 aliphatic heterocycles. The van der Waals surface area contributed by atoms with Gasteiger partial charge >= 0.3 is 17.9 Å². The Morgan fingerprint density at radius 1 is 0.258 bits per heavy atom. The highest BCUT2D eigenvalue weighted by molar-refractivity contribution is 5.71. The minimum absolute atomic E-state index is 0.0633. The van der Waals surface area contributed by atoms with E-state index in [9.17, 15) is 14.4 Å². The molecule has 66 heavy (non-hydrogen) atoms. The van der Waals surface area contributed by atoms with Crippen molar-refractivity contribution in [3.05, 3.63) is 0 Å². The first kappa shape index (κ1) is 64.4. The lowest BCUT2D eigenvalue weighted by Gasteiger charge is -2.18. The predicted molar refractivity (Wildman–Crippen MR) is 284 cm³/mol. The summed E-state index contributed by atoms with van der Waals surface area (Å²) in [5.74, 6) is 1.68. The molecule has 0 heterocycles. The van der Waals surface area contributed by atoms with Gasteiger partial charge in [0.05, 0.1) is 0 Å². The van der Waals surface area contributed by atoms with Crippen molar-refractivity contribution in [3.63, 3.8) is 0 Å². The number of ether oxygens (including phenoxy) is 3. The molecule has 0 fully saturated rings.